The monoisotopic (exact) mass is 286 g/mol. The normalized spacial score (nSPS) is 41.3. The summed E-state index contributed by atoms with van der Waals surface area (Å²) < 4.78 is 0. The van der Waals surface area contributed by atoms with Gasteiger partial charge in [-0.05, 0) is 60.8 Å². The van der Waals surface area contributed by atoms with E-state index in [0.717, 1.165) is 36.8 Å². The molecule has 3 heteroatoms. The van der Waals surface area contributed by atoms with E-state index >= 15 is 0 Å². The van der Waals surface area contributed by atoms with Crippen LogP contribution in [0.15, 0.2) is 18.2 Å². The SMILES string of the molecule is C[C@]12CC(=O)C3c4ccc(O)cc4CCC3C1CCC2O. The first-order chi connectivity index (χ1) is 10.0. The summed E-state index contributed by atoms with van der Waals surface area (Å²) >= 11 is 0. The second-order valence-corrected chi connectivity index (χ2v) is 7.41. The molecule has 2 fully saturated rings. The molecule has 0 amide bonds. The molecule has 2 saturated carbocycles. The van der Waals surface area contributed by atoms with Crippen molar-refractivity contribution in [2.24, 2.45) is 17.3 Å². The highest BCUT2D eigenvalue weighted by atomic mass is 16.3. The van der Waals surface area contributed by atoms with Gasteiger partial charge in [0.25, 0.3) is 0 Å². The molecule has 3 aliphatic rings. The van der Waals surface area contributed by atoms with Crippen molar-refractivity contribution in [1.29, 1.82) is 0 Å². The number of carbonyl (C=O) groups is 1. The number of phenolic OH excluding ortho intramolecular Hbond substituents is 1. The maximum atomic E-state index is 12.8. The van der Waals surface area contributed by atoms with E-state index in [1.165, 1.54) is 0 Å². The molecule has 1 aromatic rings. The van der Waals surface area contributed by atoms with E-state index in [1.807, 2.05) is 12.1 Å². The second-order valence-electron chi connectivity index (χ2n) is 7.41. The van der Waals surface area contributed by atoms with Crippen LogP contribution in [0.4, 0.5) is 0 Å². The quantitative estimate of drug-likeness (QED) is 0.771. The number of fused-ring (bicyclic) bond motifs is 5. The van der Waals surface area contributed by atoms with Crippen molar-refractivity contribution in [2.45, 2.75) is 51.0 Å². The molecule has 112 valence electrons. The fourth-order valence-corrected chi connectivity index (χ4v) is 5.36. The van der Waals surface area contributed by atoms with E-state index in [2.05, 4.69) is 6.92 Å². The molecule has 5 atom stereocenters. The van der Waals surface area contributed by atoms with E-state index in [4.69, 9.17) is 0 Å². The lowest BCUT2D eigenvalue weighted by atomic mass is 9.55. The van der Waals surface area contributed by atoms with Crippen LogP contribution < -0.4 is 0 Å². The van der Waals surface area contributed by atoms with Crippen molar-refractivity contribution in [3.8, 4) is 5.75 Å². The minimum atomic E-state index is -0.325. The van der Waals surface area contributed by atoms with Crippen molar-refractivity contribution in [3.05, 3.63) is 29.3 Å². The molecule has 4 unspecified atom stereocenters. The lowest BCUT2D eigenvalue weighted by Crippen LogP contribution is -2.48. The Labute approximate surface area is 125 Å². The standard InChI is InChI=1S/C18H22O3/c1-18-9-15(20)17-12-5-3-11(19)8-10(12)2-4-13(17)14(18)6-7-16(18)21/h3,5,8,13-14,16-17,19,21H,2,4,6-7,9H2,1H3/t13?,14?,16?,17?,18-/m0/s1. The lowest BCUT2D eigenvalue weighted by Gasteiger charge is -2.49. The van der Waals surface area contributed by atoms with Crippen LogP contribution in [0.5, 0.6) is 5.75 Å². The number of ketones is 1. The van der Waals surface area contributed by atoms with Crippen LogP contribution >= 0.6 is 0 Å². The van der Waals surface area contributed by atoms with E-state index in [-0.39, 0.29) is 29.0 Å². The summed E-state index contributed by atoms with van der Waals surface area (Å²) in [5.41, 5.74) is 2.04. The molecule has 0 spiro atoms. The fraction of sp³-hybridized carbons (Fsp3) is 0.611. The van der Waals surface area contributed by atoms with Crippen molar-refractivity contribution in [2.75, 3.05) is 0 Å². The number of benzene rings is 1. The summed E-state index contributed by atoms with van der Waals surface area (Å²) in [6.45, 7) is 2.11. The van der Waals surface area contributed by atoms with Crippen molar-refractivity contribution in [3.63, 3.8) is 0 Å². The third-order valence-corrected chi connectivity index (χ3v) is 6.42. The molecule has 0 bridgehead atoms. The van der Waals surface area contributed by atoms with Crippen LogP contribution in [0.2, 0.25) is 0 Å². The Hall–Kier alpha value is -1.35. The van der Waals surface area contributed by atoms with E-state index < -0.39 is 0 Å². The number of phenols is 1. The number of hydrogen-bond donors (Lipinski definition) is 2. The number of hydrogen-bond acceptors (Lipinski definition) is 3. The van der Waals surface area contributed by atoms with Gasteiger partial charge in [0.1, 0.15) is 11.5 Å². The zero-order valence-corrected chi connectivity index (χ0v) is 12.4. The molecule has 2 N–H and O–H groups in total. The highest BCUT2D eigenvalue weighted by Crippen LogP contribution is 2.59. The molecule has 0 heterocycles. The summed E-state index contributed by atoms with van der Waals surface area (Å²) in [7, 11) is 0. The highest BCUT2D eigenvalue weighted by molar-refractivity contribution is 5.88. The number of aliphatic hydroxyl groups excluding tert-OH is 1. The topological polar surface area (TPSA) is 57.5 Å². The van der Waals surface area contributed by atoms with Gasteiger partial charge in [-0.25, -0.2) is 0 Å². The lowest BCUT2D eigenvalue weighted by molar-refractivity contribution is -0.134. The maximum Gasteiger partial charge on any atom is 0.141 e. The maximum absolute atomic E-state index is 12.8. The van der Waals surface area contributed by atoms with Crippen molar-refractivity contribution >= 4 is 5.78 Å². The zero-order chi connectivity index (χ0) is 14.8. The molecule has 0 saturated heterocycles. The minimum Gasteiger partial charge on any atom is -0.508 e. The Balaban J connectivity index is 1.78. The first-order valence-electron chi connectivity index (χ1n) is 8.03. The molecular formula is C18H22O3. The van der Waals surface area contributed by atoms with E-state index in [0.29, 0.717) is 18.3 Å². The number of aryl methyl sites for hydroxylation is 1. The van der Waals surface area contributed by atoms with Gasteiger partial charge in [-0.3, -0.25) is 4.79 Å². The Morgan fingerprint density at radius 3 is 2.86 bits per heavy atom. The van der Waals surface area contributed by atoms with Gasteiger partial charge in [0.2, 0.25) is 0 Å². The van der Waals surface area contributed by atoms with Gasteiger partial charge in [-0.15, -0.1) is 0 Å². The molecule has 0 radical (unpaired) electrons. The van der Waals surface area contributed by atoms with Gasteiger partial charge in [0.15, 0.2) is 0 Å². The first kappa shape index (κ1) is 13.3. The predicted octanol–water partition coefficient (Wildman–Crippen LogP) is 2.79. The average molecular weight is 286 g/mol. The average Bonchev–Trinajstić information content (AvgIpc) is 2.74. The summed E-state index contributed by atoms with van der Waals surface area (Å²) in [4.78, 5) is 12.8. The fourth-order valence-electron chi connectivity index (χ4n) is 5.36. The van der Waals surface area contributed by atoms with Gasteiger partial charge in [-0.2, -0.15) is 0 Å². The van der Waals surface area contributed by atoms with Crippen LogP contribution in [0.25, 0.3) is 0 Å². The van der Waals surface area contributed by atoms with Crippen molar-refractivity contribution < 1.29 is 15.0 Å². The smallest absolute Gasteiger partial charge is 0.141 e. The third kappa shape index (κ3) is 1.73. The highest BCUT2D eigenvalue weighted by Gasteiger charge is 2.57. The Bertz CT molecular complexity index is 608. The van der Waals surface area contributed by atoms with Gasteiger partial charge in [0, 0.05) is 17.8 Å². The van der Waals surface area contributed by atoms with Gasteiger partial charge < -0.3 is 10.2 Å². The Morgan fingerprint density at radius 1 is 1.24 bits per heavy atom. The number of aromatic hydroxyl groups is 1. The predicted molar refractivity (Wildman–Crippen MR) is 79.1 cm³/mol. The second kappa shape index (κ2) is 4.33. The number of carbonyl (C=O) groups excluding carboxylic acids is 1. The van der Waals surface area contributed by atoms with Gasteiger partial charge in [0.05, 0.1) is 6.10 Å². The van der Waals surface area contributed by atoms with Crippen molar-refractivity contribution in [1.82, 2.24) is 0 Å². The molecule has 1 aromatic carbocycles. The van der Waals surface area contributed by atoms with Crippen LogP contribution in [-0.2, 0) is 11.2 Å². The molecule has 3 nitrogen and oxygen atoms in total. The molecular weight excluding hydrogens is 264 g/mol. The molecule has 0 aromatic heterocycles. The largest absolute Gasteiger partial charge is 0.508 e. The van der Waals surface area contributed by atoms with Crippen LogP contribution in [-0.4, -0.2) is 22.1 Å². The summed E-state index contributed by atoms with van der Waals surface area (Å²) in [6, 6.07) is 5.45. The summed E-state index contributed by atoms with van der Waals surface area (Å²) in [5, 5.41) is 20.0. The molecule has 0 aliphatic heterocycles. The van der Waals surface area contributed by atoms with Crippen LogP contribution in [0.1, 0.15) is 49.7 Å². The van der Waals surface area contributed by atoms with E-state index in [1.54, 1.807) is 6.07 Å². The van der Waals surface area contributed by atoms with Crippen LogP contribution in [0, 0.1) is 17.3 Å². The molecule has 21 heavy (non-hydrogen) atoms. The summed E-state index contributed by atoms with van der Waals surface area (Å²) in [5.74, 6) is 1.38. The molecule has 4 rings (SSSR count). The summed E-state index contributed by atoms with van der Waals surface area (Å²) in [6.07, 6.45) is 3.98. The van der Waals surface area contributed by atoms with Crippen LogP contribution in [0.3, 0.4) is 0 Å². The number of rotatable bonds is 0. The third-order valence-electron chi connectivity index (χ3n) is 6.42. The number of aliphatic hydroxyl groups is 1. The minimum absolute atomic E-state index is 0.0160. The Morgan fingerprint density at radius 2 is 2.05 bits per heavy atom. The van der Waals surface area contributed by atoms with Gasteiger partial charge >= 0.3 is 0 Å². The van der Waals surface area contributed by atoms with Gasteiger partial charge in [-0.1, -0.05) is 13.0 Å². The Kier molecular flexibility index (Phi) is 2.74. The number of Topliss-reactive ketones (excluding diaryl/α,β-unsaturated/α-hetero) is 1. The first-order valence-corrected chi connectivity index (χ1v) is 8.03. The molecule has 3 aliphatic carbocycles. The van der Waals surface area contributed by atoms with E-state index in [9.17, 15) is 15.0 Å². The zero-order valence-electron chi connectivity index (χ0n) is 12.4.